The van der Waals surface area contributed by atoms with E-state index >= 15 is 0 Å². The lowest BCUT2D eigenvalue weighted by Crippen LogP contribution is -2.17. The van der Waals surface area contributed by atoms with Gasteiger partial charge in [0.05, 0.1) is 11.9 Å². The van der Waals surface area contributed by atoms with Gasteiger partial charge in [-0.1, -0.05) is 11.6 Å². The number of ether oxygens (including phenoxy) is 1. The van der Waals surface area contributed by atoms with Crippen molar-refractivity contribution in [3.05, 3.63) is 64.1 Å². The Balaban J connectivity index is 1.78. The maximum atomic E-state index is 14.9. The van der Waals surface area contributed by atoms with Crippen LogP contribution in [0.4, 0.5) is 4.39 Å². The Morgan fingerprint density at radius 1 is 1.17 bits per heavy atom. The number of phenolic OH excluding ortho intramolecular Hbond substituents is 1. The molecule has 4 rings (SSSR count). The molecule has 1 aliphatic carbocycles. The summed E-state index contributed by atoms with van der Waals surface area (Å²) in [6.45, 7) is 1.66. The summed E-state index contributed by atoms with van der Waals surface area (Å²) in [7, 11) is 0. The number of carbonyl (C=O) groups is 2. The lowest BCUT2D eigenvalue weighted by Gasteiger charge is -2.11. The first-order valence-electron chi connectivity index (χ1n) is 9.88. The van der Waals surface area contributed by atoms with Crippen molar-refractivity contribution in [2.45, 2.75) is 45.1 Å². The van der Waals surface area contributed by atoms with Crippen molar-refractivity contribution in [2.75, 3.05) is 0 Å². The van der Waals surface area contributed by atoms with E-state index in [1.54, 1.807) is 31.2 Å². The summed E-state index contributed by atoms with van der Waals surface area (Å²) in [5.74, 6) is -2.24. The molecule has 1 aromatic heterocycles. The van der Waals surface area contributed by atoms with Gasteiger partial charge < -0.3 is 9.84 Å². The topological polar surface area (TPSA) is 68.5 Å². The number of hydrogen-bond donors (Lipinski definition) is 1. The third-order valence-corrected chi connectivity index (χ3v) is 5.88. The number of aromatic nitrogens is 1. The summed E-state index contributed by atoms with van der Waals surface area (Å²) in [4.78, 5) is 25.7. The molecule has 0 atom stereocenters. The molecule has 1 saturated carbocycles. The quantitative estimate of drug-likeness (QED) is 0.581. The lowest BCUT2D eigenvalue weighted by atomic mass is 10.1. The monoisotopic (exact) mass is 429 g/mol. The third-order valence-electron chi connectivity index (χ3n) is 5.63. The van der Waals surface area contributed by atoms with Crippen LogP contribution in [-0.4, -0.2) is 27.7 Å². The minimum atomic E-state index is -0.859. The Morgan fingerprint density at radius 3 is 2.50 bits per heavy atom. The zero-order valence-corrected chi connectivity index (χ0v) is 17.2. The van der Waals surface area contributed by atoms with Gasteiger partial charge in [0, 0.05) is 21.7 Å². The van der Waals surface area contributed by atoms with Crippen LogP contribution in [0.1, 0.15) is 47.3 Å². The molecular formula is C23H21ClFNO4. The molecule has 0 unspecified atom stereocenters. The highest BCUT2D eigenvalue weighted by molar-refractivity contribution is 6.30. The molecule has 3 aromatic rings. The van der Waals surface area contributed by atoms with E-state index in [2.05, 4.69) is 0 Å². The zero-order valence-electron chi connectivity index (χ0n) is 16.5. The van der Waals surface area contributed by atoms with Gasteiger partial charge >= 0.3 is 5.97 Å². The number of fused-ring (bicyclic) bond motifs is 1. The summed E-state index contributed by atoms with van der Waals surface area (Å²) in [5.41, 5.74) is 1.42. The van der Waals surface area contributed by atoms with Crippen molar-refractivity contribution >= 4 is 34.4 Å². The fraction of sp³-hybridized carbons (Fsp3) is 0.304. The zero-order chi connectivity index (χ0) is 21.4. The van der Waals surface area contributed by atoms with E-state index in [0.717, 1.165) is 25.7 Å². The van der Waals surface area contributed by atoms with E-state index in [-0.39, 0.29) is 29.3 Å². The van der Waals surface area contributed by atoms with Gasteiger partial charge in [-0.15, -0.1) is 0 Å². The Kier molecular flexibility index (Phi) is 5.52. The molecule has 1 fully saturated rings. The first kappa shape index (κ1) is 20.4. The predicted octanol–water partition coefficient (Wildman–Crippen LogP) is 5.16. The van der Waals surface area contributed by atoms with Crippen LogP contribution >= 0.6 is 11.6 Å². The molecule has 0 saturated heterocycles. The second-order valence-corrected chi connectivity index (χ2v) is 8.01. The van der Waals surface area contributed by atoms with Crippen LogP contribution in [0.3, 0.4) is 0 Å². The van der Waals surface area contributed by atoms with Crippen LogP contribution in [0.25, 0.3) is 10.9 Å². The van der Waals surface area contributed by atoms with Crippen molar-refractivity contribution in [1.29, 1.82) is 0 Å². The van der Waals surface area contributed by atoms with Gasteiger partial charge in [0.15, 0.2) is 11.6 Å². The Hall–Kier alpha value is -2.86. The van der Waals surface area contributed by atoms with E-state index in [1.165, 1.54) is 16.7 Å². The molecule has 0 aliphatic heterocycles. The molecule has 2 aromatic carbocycles. The van der Waals surface area contributed by atoms with Crippen LogP contribution in [-0.2, 0) is 16.0 Å². The average Bonchev–Trinajstić information content (AvgIpc) is 3.32. The van der Waals surface area contributed by atoms with Gasteiger partial charge in [-0.25, -0.2) is 4.39 Å². The smallest absolute Gasteiger partial charge is 0.310 e. The van der Waals surface area contributed by atoms with Crippen LogP contribution in [0.2, 0.25) is 5.02 Å². The molecule has 0 spiro atoms. The maximum absolute atomic E-state index is 14.9. The number of nitrogens with zero attached hydrogens (tertiary/aromatic N) is 1. The van der Waals surface area contributed by atoms with E-state index in [4.69, 9.17) is 16.3 Å². The van der Waals surface area contributed by atoms with Crippen molar-refractivity contribution in [2.24, 2.45) is 0 Å². The van der Waals surface area contributed by atoms with Crippen molar-refractivity contribution in [3.63, 3.8) is 0 Å². The van der Waals surface area contributed by atoms with Gasteiger partial charge in [-0.3, -0.25) is 14.2 Å². The van der Waals surface area contributed by atoms with Crippen LogP contribution in [0, 0.1) is 12.7 Å². The van der Waals surface area contributed by atoms with E-state index in [1.807, 2.05) is 0 Å². The largest absolute Gasteiger partial charge is 0.505 e. The second-order valence-electron chi connectivity index (χ2n) is 7.58. The molecule has 1 heterocycles. The Morgan fingerprint density at radius 2 is 1.83 bits per heavy atom. The highest BCUT2D eigenvalue weighted by Crippen LogP contribution is 2.34. The molecule has 30 heavy (non-hydrogen) atoms. The normalized spacial score (nSPS) is 14.4. The minimum Gasteiger partial charge on any atom is -0.505 e. The van der Waals surface area contributed by atoms with Crippen molar-refractivity contribution in [1.82, 2.24) is 4.57 Å². The van der Waals surface area contributed by atoms with Crippen molar-refractivity contribution in [3.8, 4) is 5.75 Å². The Bertz CT molecular complexity index is 1130. The third kappa shape index (κ3) is 3.67. The first-order valence-corrected chi connectivity index (χ1v) is 10.3. The molecule has 5 nitrogen and oxygen atoms in total. The standard InChI is InChI=1S/C23H21ClFNO4/c1-13-17(12-20(28)30-16-4-2-3-5-16)21-18(10-11-19(27)22(21)25)26(13)23(29)14-6-8-15(24)9-7-14/h6-11,16,27H,2-5,12H2,1H3. The molecule has 0 amide bonds. The van der Waals surface area contributed by atoms with Crippen LogP contribution in [0.5, 0.6) is 5.75 Å². The number of benzene rings is 2. The fourth-order valence-electron chi connectivity index (χ4n) is 4.10. The molecule has 0 radical (unpaired) electrons. The molecular weight excluding hydrogens is 409 g/mol. The second kappa shape index (κ2) is 8.11. The van der Waals surface area contributed by atoms with Crippen molar-refractivity contribution < 1.29 is 23.8 Å². The number of carbonyl (C=O) groups excluding carboxylic acids is 2. The molecule has 156 valence electrons. The van der Waals surface area contributed by atoms with E-state index in [9.17, 15) is 19.1 Å². The van der Waals surface area contributed by atoms with Crippen LogP contribution in [0.15, 0.2) is 36.4 Å². The summed E-state index contributed by atoms with van der Waals surface area (Å²) in [5, 5.41) is 10.4. The average molecular weight is 430 g/mol. The van der Waals surface area contributed by atoms with Gasteiger partial charge in [0.1, 0.15) is 6.10 Å². The lowest BCUT2D eigenvalue weighted by molar-refractivity contribution is -0.147. The SMILES string of the molecule is Cc1c(CC(=O)OC2CCCC2)c2c(F)c(O)ccc2n1C(=O)c1ccc(Cl)cc1. The molecule has 1 N–H and O–H groups in total. The summed E-state index contributed by atoms with van der Waals surface area (Å²) < 4.78 is 21.8. The van der Waals surface area contributed by atoms with Gasteiger partial charge in [0.2, 0.25) is 0 Å². The highest BCUT2D eigenvalue weighted by atomic mass is 35.5. The number of esters is 1. The number of halogens is 2. The number of phenols is 1. The summed E-state index contributed by atoms with van der Waals surface area (Å²) >= 11 is 5.91. The van der Waals surface area contributed by atoms with Gasteiger partial charge in [-0.05, 0) is 74.6 Å². The summed E-state index contributed by atoms with van der Waals surface area (Å²) in [6, 6.07) is 9.04. The van der Waals surface area contributed by atoms with E-state index < -0.39 is 17.5 Å². The maximum Gasteiger partial charge on any atom is 0.310 e. The summed E-state index contributed by atoms with van der Waals surface area (Å²) in [6.07, 6.45) is 3.41. The number of rotatable bonds is 4. The van der Waals surface area contributed by atoms with E-state index in [0.29, 0.717) is 21.8 Å². The van der Waals surface area contributed by atoms with Crippen LogP contribution < -0.4 is 0 Å². The highest BCUT2D eigenvalue weighted by Gasteiger charge is 2.27. The van der Waals surface area contributed by atoms with Gasteiger partial charge in [0.25, 0.3) is 5.91 Å². The molecule has 0 bridgehead atoms. The number of aromatic hydroxyl groups is 1. The minimum absolute atomic E-state index is 0.0539. The Labute approximate surface area is 178 Å². The molecule has 1 aliphatic rings. The predicted molar refractivity (Wildman–Crippen MR) is 112 cm³/mol. The molecule has 7 heteroatoms. The first-order chi connectivity index (χ1) is 14.4. The van der Waals surface area contributed by atoms with Gasteiger partial charge in [-0.2, -0.15) is 0 Å². The fourth-order valence-corrected chi connectivity index (χ4v) is 4.23. The number of hydrogen-bond acceptors (Lipinski definition) is 4.